The zero-order valence-electron chi connectivity index (χ0n) is 10.8. The third kappa shape index (κ3) is 3.51. The van der Waals surface area contributed by atoms with E-state index in [1.165, 1.54) is 36.4 Å². The molecule has 21 heavy (non-hydrogen) atoms. The Labute approximate surface area is 122 Å². The highest BCUT2D eigenvalue weighted by Crippen LogP contribution is 2.19. The number of nitrogens with zero attached hydrogens (tertiary/aromatic N) is 1. The molecule has 0 aromatic heterocycles. The average molecular weight is 305 g/mol. The predicted octanol–water partition coefficient (Wildman–Crippen LogP) is 2.60. The van der Waals surface area contributed by atoms with Gasteiger partial charge in [0.1, 0.15) is 0 Å². The number of hydrogen-bond acceptors (Lipinski definition) is 4. The number of hydrogen-bond donors (Lipinski definition) is 1. The molecule has 108 valence electrons. The zero-order valence-corrected chi connectivity index (χ0v) is 11.6. The van der Waals surface area contributed by atoms with Crippen LogP contribution in [0.2, 0.25) is 0 Å². The lowest BCUT2D eigenvalue weighted by Crippen LogP contribution is -2.05. The largest absolute Gasteiger partial charge is 0.478 e. The fraction of sp³-hybridized carbons (Fsp3) is 0.0714. The number of aromatic carboxylic acids is 1. The van der Waals surface area contributed by atoms with E-state index in [0.29, 0.717) is 5.56 Å². The summed E-state index contributed by atoms with van der Waals surface area (Å²) in [5.41, 5.74) is 0.590. The van der Waals surface area contributed by atoms with Gasteiger partial charge in [-0.2, -0.15) is 0 Å². The van der Waals surface area contributed by atoms with E-state index in [1.807, 2.05) is 0 Å². The van der Waals surface area contributed by atoms with Crippen molar-refractivity contribution in [1.29, 1.82) is 0 Å². The summed E-state index contributed by atoms with van der Waals surface area (Å²) in [7, 11) is -1.53. The van der Waals surface area contributed by atoms with Crippen molar-refractivity contribution in [3.8, 4) is 0 Å². The summed E-state index contributed by atoms with van der Waals surface area (Å²) in [6.45, 7) is 0. The first-order chi connectivity index (χ1) is 9.99. The van der Waals surface area contributed by atoms with Gasteiger partial charge in [0, 0.05) is 12.1 Å². The lowest BCUT2D eigenvalue weighted by atomic mass is 10.2. The van der Waals surface area contributed by atoms with E-state index < -0.39 is 21.7 Å². The summed E-state index contributed by atoms with van der Waals surface area (Å²) in [6, 6.07) is 11.8. The van der Waals surface area contributed by atoms with Crippen LogP contribution in [0.15, 0.2) is 53.4 Å². The quantitative estimate of drug-likeness (QED) is 0.676. The summed E-state index contributed by atoms with van der Waals surface area (Å²) in [5.74, 6) is -1.04. The van der Waals surface area contributed by atoms with E-state index in [1.54, 1.807) is 12.1 Å². The molecule has 1 atom stereocenters. The van der Waals surface area contributed by atoms with E-state index >= 15 is 0 Å². The molecule has 0 aliphatic carbocycles. The summed E-state index contributed by atoms with van der Waals surface area (Å²) >= 11 is 0. The number of benzene rings is 2. The molecule has 0 amide bonds. The maximum atomic E-state index is 12.3. The zero-order chi connectivity index (χ0) is 15.4. The monoisotopic (exact) mass is 305 g/mol. The summed E-state index contributed by atoms with van der Waals surface area (Å²) < 4.78 is 12.3. The number of nitro groups is 1. The van der Waals surface area contributed by atoms with Gasteiger partial charge in [-0.3, -0.25) is 14.3 Å². The van der Waals surface area contributed by atoms with Crippen LogP contribution in [-0.4, -0.2) is 20.2 Å². The van der Waals surface area contributed by atoms with Gasteiger partial charge >= 0.3 is 5.97 Å². The van der Waals surface area contributed by atoms with Crippen LogP contribution in [0.25, 0.3) is 0 Å². The highest BCUT2D eigenvalue weighted by atomic mass is 32.2. The van der Waals surface area contributed by atoms with Crippen LogP contribution < -0.4 is 0 Å². The predicted molar refractivity (Wildman–Crippen MR) is 76.6 cm³/mol. The molecule has 0 aliphatic rings. The van der Waals surface area contributed by atoms with Crippen LogP contribution in [0, 0.1) is 10.1 Å². The summed E-state index contributed by atoms with van der Waals surface area (Å²) in [5, 5.41) is 19.6. The maximum Gasteiger partial charge on any atom is 0.336 e. The molecule has 0 aliphatic heterocycles. The molecule has 2 aromatic carbocycles. The van der Waals surface area contributed by atoms with Crippen molar-refractivity contribution in [1.82, 2.24) is 0 Å². The fourth-order valence-corrected chi connectivity index (χ4v) is 3.07. The lowest BCUT2D eigenvalue weighted by Gasteiger charge is -2.06. The second-order valence-corrected chi connectivity index (χ2v) is 5.63. The Hall–Kier alpha value is -2.54. The smallest absolute Gasteiger partial charge is 0.336 e. The maximum absolute atomic E-state index is 12.3. The molecule has 0 saturated carbocycles. The first-order valence-corrected chi connectivity index (χ1v) is 7.25. The molecule has 0 heterocycles. The van der Waals surface area contributed by atoms with Crippen LogP contribution in [0.5, 0.6) is 0 Å². The first kappa shape index (κ1) is 14.9. The van der Waals surface area contributed by atoms with E-state index in [-0.39, 0.29) is 21.9 Å². The molecule has 1 unspecified atom stereocenters. The molecule has 2 rings (SSSR count). The van der Waals surface area contributed by atoms with Gasteiger partial charge in [0.05, 0.1) is 31.9 Å². The Morgan fingerprint density at radius 2 is 1.76 bits per heavy atom. The summed E-state index contributed by atoms with van der Waals surface area (Å²) in [6.07, 6.45) is 0. The molecule has 0 fully saturated rings. The normalized spacial score (nSPS) is 11.8. The van der Waals surface area contributed by atoms with Gasteiger partial charge in [-0.25, -0.2) is 4.79 Å². The van der Waals surface area contributed by atoms with Crippen molar-refractivity contribution in [2.75, 3.05) is 0 Å². The number of carboxylic acids is 1. The fourth-order valence-electron chi connectivity index (χ4n) is 1.78. The Balaban J connectivity index is 2.22. The highest BCUT2D eigenvalue weighted by molar-refractivity contribution is 7.84. The number of carbonyl (C=O) groups is 1. The highest BCUT2D eigenvalue weighted by Gasteiger charge is 2.15. The third-order valence-corrected chi connectivity index (χ3v) is 4.25. The van der Waals surface area contributed by atoms with Crippen molar-refractivity contribution < 1.29 is 19.0 Å². The molecule has 2 aromatic rings. The van der Waals surface area contributed by atoms with E-state index in [4.69, 9.17) is 5.11 Å². The number of rotatable bonds is 5. The van der Waals surface area contributed by atoms with Gasteiger partial charge in [-0.1, -0.05) is 24.3 Å². The van der Waals surface area contributed by atoms with Crippen molar-refractivity contribution >= 4 is 22.5 Å². The first-order valence-electron chi connectivity index (χ1n) is 5.93. The van der Waals surface area contributed by atoms with Gasteiger partial charge in [0.25, 0.3) is 5.69 Å². The third-order valence-electron chi connectivity index (χ3n) is 2.81. The molecule has 7 heteroatoms. The van der Waals surface area contributed by atoms with Crippen molar-refractivity contribution in [3.63, 3.8) is 0 Å². The van der Waals surface area contributed by atoms with Crippen LogP contribution in [-0.2, 0) is 16.6 Å². The van der Waals surface area contributed by atoms with Crippen LogP contribution in [0.3, 0.4) is 0 Å². The Kier molecular flexibility index (Phi) is 4.44. The minimum atomic E-state index is -1.53. The van der Waals surface area contributed by atoms with Crippen LogP contribution in [0.4, 0.5) is 5.69 Å². The minimum Gasteiger partial charge on any atom is -0.478 e. The van der Waals surface area contributed by atoms with Gasteiger partial charge in [-0.15, -0.1) is 0 Å². The Bertz CT molecular complexity index is 712. The molecule has 0 spiro atoms. The molecular formula is C14H11NO5S. The molecule has 0 bridgehead atoms. The van der Waals surface area contributed by atoms with E-state index in [0.717, 1.165) is 0 Å². The second-order valence-electron chi connectivity index (χ2n) is 4.21. The standard InChI is InChI=1S/C14H11NO5S/c16-14(17)12-3-1-2-4-13(12)21(20)9-10-5-7-11(8-6-10)15(18)19/h1-8H,9H2,(H,16,17). The van der Waals surface area contributed by atoms with Gasteiger partial charge < -0.3 is 5.11 Å². The van der Waals surface area contributed by atoms with Crippen molar-refractivity contribution in [2.45, 2.75) is 10.6 Å². The van der Waals surface area contributed by atoms with Gasteiger partial charge in [0.2, 0.25) is 0 Å². The Morgan fingerprint density at radius 3 is 2.33 bits per heavy atom. The summed E-state index contributed by atoms with van der Waals surface area (Å²) in [4.78, 5) is 21.4. The SMILES string of the molecule is O=C(O)c1ccccc1S(=O)Cc1ccc([N+](=O)[O-])cc1. The van der Waals surface area contributed by atoms with Gasteiger partial charge in [0.15, 0.2) is 0 Å². The molecular weight excluding hydrogens is 294 g/mol. The minimum absolute atomic E-state index is 0.00209. The molecule has 0 radical (unpaired) electrons. The molecule has 1 N–H and O–H groups in total. The molecule has 0 saturated heterocycles. The second kappa shape index (κ2) is 6.27. The molecule has 6 nitrogen and oxygen atoms in total. The topological polar surface area (TPSA) is 97.5 Å². The lowest BCUT2D eigenvalue weighted by molar-refractivity contribution is -0.384. The Morgan fingerprint density at radius 1 is 1.14 bits per heavy atom. The number of non-ortho nitro benzene ring substituents is 1. The number of nitro benzene ring substituents is 1. The van der Waals surface area contributed by atoms with Crippen molar-refractivity contribution in [3.05, 3.63) is 69.8 Å². The van der Waals surface area contributed by atoms with Gasteiger partial charge in [-0.05, 0) is 17.7 Å². The van der Waals surface area contributed by atoms with Crippen LogP contribution in [0.1, 0.15) is 15.9 Å². The van der Waals surface area contributed by atoms with E-state index in [9.17, 15) is 19.1 Å². The number of carboxylic acid groups (broad SMARTS) is 1. The van der Waals surface area contributed by atoms with Crippen LogP contribution >= 0.6 is 0 Å². The van der Waals surface area contributed by atoms with Crippen molar-refractivity contribution in [2.24, 2.45) is 0 Å². The average Bonchev–Trinajstić information content (AvgIpc) is 2.47. The van der Waals surface area contributed by atoms with E-state index in [2.05, 4.69) is 0 Å².